The van der Waals surface area contributed by atoms with Gasteiger partial charge in [-0.3, -0.25) is 10.1 Å². The fourth-order valence-corrected chi connectivity index (χ4v) is 4.07. The quantitative estimate of drug-likeness (QED) is 0.443. The molecule has 0 unspecified atom stereocenters. The highest BCUT2D eigenvalue weighted by molar-refractivity contribution is 7.80. The molecule has 0 fully saturated rings. The molecular formula is C25H20N2O3S. The molecule has 6 heteroatoms. The molecule has 4 aromatic rings. The number of benzene rings is 3. The number of hydrogen-bond donors (Lipinski definition) is 2. The van der Waals surface area contributed by atoms with Gasteiger partial charge in [-0.1, -0.05) is 48.5 Å². The van der Waals surface area contributed by atoms with Crippen LogP contribution >= 0.6 is 12.2 Å². The van der Waals surface area contributed by atoms with E-state index in [1.165, 1.54) is 11.1 Å². The van der Waals surface area contributed by atoms with Crippen LogP contribution in [0.4, 0.5) is 5.69 Å². The smallest absolute Gasteiger partial charge is 0.293 e. The van der Waals surface area contributed by atoms with E-state index in [0.29, 0.717) is 5.58 Å². The predicted molar refractivity (Wildman–Crippen MR) is 125 cm³/mol. The zero-order valence-corrected chi connectivity index (χ0v) is 17.4. The molecule has 0 spiro atoms. The second kappa shape index (κ2) is 8.24. The summed E-state index contributed by atoms with van der Waals surface area (Å²) < 4.78 is 11.8. The summed E-state index contributed by atoms with van der Waals surface area (Å²) in [5, 5.41) is 6.75. The van der Waals surface area contributed by atoms with Gasteiger partial charge in [0, 0.05) is 30.0 Å². The minimum absolute atomic E-state index is 0.118. The summed E-state index contributed by atoms with van der Waals surface area (Å²) >= 11 is 5.30. The molecular weight excluding hydrogens is 408 g/mol. The molecule has 2 N–H and O–H groups in total. The molecule has 31 heavy (non-hydrogen) atoms. The van der Waals surface area contributed by atoms with Crippen molar-refractivity contribution in [1.82, 2.24) is 5.32 Å². The zero-order chi connectivity index (χ0) is 21.2. The molecule has 3 aromatic carbocycles. The number of amides is 1. The van der Waals surface area contributed by atoms with E-state index in [-0.39, 0.29) is 17.0 Å². The molecule has 1 aromatic heterocycles. The second-order valence-corrected chi connectivity index (χ2v) is 7.91. The van der Waals surface area contributed by atoms with Crippen molar-refractivity contribution in [2.45, 2.75) is 18.9 Å². The van der Waals surface area contributed by atoms with Crippen molar-refractivity contribution < 1.29 is 13.9 Å². The van der Waals surface area contributed by atoms with Crippen LogP contribution in [0.15, 0.2) is 83.3 Å². The third kappa shape index (κ3) is 4.29. The van der Waals surface area contributed by atoms with E-state index in [2.05, 4.69) is 34.9 Å². The Kier molecular flexibility index (Phi) is 5.14. The molecule has 1 aliphatic rings. The van der Waals surface area contributed by atoms with Crippen LogP contribution in [0.3, 0.4) is 0 Å². The second-order valence-electron chi connectivity index (χ2n) is 7.50. The Labute approximate surface area is 185 Å². The van der Waals surface area contributed by atoms with Crippen molar-refractivity contribution >= 4 is 39.9 Å². The number of carbonyl (C=O) groups is 1. The lowest BCUT2D eigenvalue weighted by Crippen LogP contribution is -2.33. The van der Waals surface area contributed by atoms with Crippen molar-refractivity contribution in [3.05, 3.63) is 95.7 Å². The van der Waals surface area contributed by atoms with E-state index in [0.717, 1.165) is 29.7 Å². The number of rotatable bonds is 4. The molecule has 1 aliphatic carbocycles. The molecule has 1 amide bonds. The van der Waals surface area contributed by atoms with Gasteiger partial charge in [0.1, 0.15) is 17.4 Å². The molecule has 5 rings (SSSR count). The molecule has 0 saturated carbocycles. The number of anilines is 1. The third-order valence-corrected chi connectivity index (χ3v) is 5.49. The van der Waals surface area contributed by atoms with Crippen LogP contribution in [-0.4, -0.2) is 17.1 Å². The molecule has 154 valence electrons. The van der Waals surface area contributed by atoms with Crippen molar-refractivity contribution in [2.24, 2.45) is 0 Å². The van der Waals surface area contributed by atoms with Crippen LogP contribution in [0.2, 0.25) is 0 Å². The average Bonchev–Trinajstić information content (AvgIpc) is 3.37. The number of nitrogens with one attached hydrogen (secondary N) is 2. The van der Waals surface area contributed by atoms with Gasteiger partial charge in [0.15, 0.2) is 10.9 Å². The normalized spacial score (nSPS) is 13.0. The Morgan fingerprint density at radius 2 is 1.68 bits per heavy atom. The highest BCUT2D eigenvalue weighted by atomic mass is 32.1. The van der Waals surface area contributed by atoms with E-state index in [9.17, 15) is 4.79 Å². The zero-order valence-electron chi connectivity index (χ0n) is 16.6. The van der Waals surface area contributed by atoms with Gasteiger partial charge in [0.05, 0.1) is 0 Å². The minimum Gasteiger partial charge on any atom is -0.490 e. The first-order chi connectivity index (χ1) is 15.1. The average molecular weight is 429 g/mol. The fourth-order valence-electron chi connectivity index (χ4n) is 3.86. The first kappa shape index (κ1) is 19.3. The summed E-state index contributed by atoms with van der Waals surface area (Å²) in [7, 11) is 0. The van der Waals surface area contributed by atoms with Crippen LogP contribution < -0.4 is 15.4 Å². The summed E-state index contributed by atoms with van der Waals surface area (Å²) in [5.74, 6) is 0.572. The predicted octanol–water partition coefficient (Wildman–Crippen LogP) is 5.11. The van der Waals surface area contributed by atoms with Crippen molar-refractivity contribution in [1.29, 1.82) is 0 Å². The van der Waals surface area contributed by atoms with Gasteiger partial charge < -0.3 is 14.5 Å². The van der Waals surface area contributed by atoms with E-state index in [1.54, 1.807) is 6.07 Å². The summed E-state index contributed by atoms with van der Waals surface area (Å²) in [4.78, 5) is 12.5. The maximum absolute atomic E-state index is 12.5. The van der Waals surface area contributed by atoms with Gasteiger partial charge in [-0.25, -0.2) is 0 Å². The third-order valence-electron chi connectivity index (χ3n) is 5.28. The first-order valence-electron chi connectivity index (χ1n) is 10.1. The topological polar surface area (TPSA) is 63.5 Å². The van der Waals surface area contributed by atoms with Crippen LogP contribution in [0.25, 0.3) is 11.0 Å². The van der Waals surface area contributed by atoms with E-state index in [4.69, 9.17) is 21.4 Å². The number of thiocarbonyl (C=S) groups is 1. The maximum Gasteiger partial charge on any atom is 0.293 e. The Bertz CT molecular complexity index is 1220. The number of hydrogen-bond acceptors (Lipinski definition) is 4. The maximum atomic E-state index is 12.5. The fraction of sp³-hybridized carbons (Fsp3) is 0.120. The number of para-hydroxylation sites is 1. The monoisotopic (exact) mass is 428 g/mol. The van der Waals surface area contributed by atoms with Crippen molar-refractivity contribution in [3.8, 4) is 5.75 Å². The number of fused-ring (bicyclic) bond motifs is 2. The standard InChI is InChI=1S/C25H20N2O3S/c28-24(23-14-18-8-3-4-11-22(18)30-23)27-25(31)26-19-9-5-10-20(15-19)29-21-12-16-6-1-2-7-17(16)13-21/h1-11,14-15,21H,12-13H2,(H2,26,27,28,31). The summed E-state index contributed by atoms with van der Waals surface area (Å²) in [6.45, 7) is 0. The lowest BCUT2D eigenvalue weighted by atomic mass is 10.1. The Morgan fingerprint density at radius 3 is 2.45 bits per heavy atom. The Hall–Kier alpha value is -3.64. The first-order valence-corrected chi connectivity index (χ1v) is 10.5. The van der Waals surface area contributed by atoms with Gasteiger partial charge in [-0.15, -0.1) is 0 Å². The molecule has 0 radical (unpaired) electrons. The van der Waals surface area contributed by atoms with Crippen LogP contribution in [0, 0.1) is 0 Å². The molecule has 0 bridgehead atoms. The number of ether oxygens (including phenoxy) is 1. The van der Waals surface area contributed by atoms with E-state index < -0.39 is 5.91 Å². The van der Waals surface area contributed by atoms with Gasteiger partial charge >= 0.3 is 0 Å². The van der Waals surface area contributed by atoms with Gasteiger partial charge in [-0.05, 0) is 47.6 Å². The lowest BCUT2D eigenvalue weighted by molar-refractivity contribution is 0.0953. The highest BCUT2D eigenvalue weighted by Crippen LogP contribution is 2.27. The summed E-state index contributed by atoms with van der Waals surface area (Å²) in [6, 6.07) is 25.1. The lowest BCUT2D eigenvalue weighted by Gasteiger charge is -2.15. The SMILES string of the molecule is O=C(NC(=S)Nc1cccc(OC2Cc3ccccc3C2)c1)c1cc2ccccc2o1. The van der Waals surface area contributed by atoms with Gasteiger partial charge in [0.2, 0.25) is 0 Å². The van der Waals surface area contributed by atoms with Gasteiger partial charge in [0.25, 0.3) is 5.91 Å². The number of furan rings is 1. The van der Waals surface area contributed by atoms with E-state index in [1.807, 2.05) is 48.5 Å². The molecule has 0 atom stereocenters. The summed E-state index contributed by atoms with van der Waals surface area (Å²) in [5.41, 5.74) is 4.08. The summed E-state index contributed by atoms with van der Waals surface area (Å²) in [6.07, 6.45) is 1.92. The van der Waals surface area contributed by atoms with Crippen molar-refractivity contribution in [3.63, 3.8) is 0 Å². The van der Waals surface area contributed by atoms with Gasteiger partial charge in [-0.2, -0.15) is 0 Å². The van der Waals surface area contributed by atoms with E-state index >= 15 is 0 Å². The van der Waals surface area contributed by atoms with Crippen molar-refractivity contribution in [2.75, 3.05) is 5.32 Å². The highest BCUT2D eigenvalue weighted by Gasteiger charge is 2.22. The Morgan fingerprint density at radius 1 is 0.935 bits per heavy atom. The largest absolute Gasteiger partial charge is 0.490 e. The number of carbonyl (C=O) groups excluding carboxylic acids is 1. The van der Waals surface area contributed by atoms with Crippen LogP contribution in [0.1, 0.15) is 21.7 Å². The molecule has 0 aliphatic heterocycles. The molecule has 5 nitrogen and oxygen atoms in total. The minimum atomic E-state index is -0.398. The van der Waals surface area contributed by atoms with Crippen LogP contribution in [-0.2, 0) is 12.8 Å². The molecule has 0 saturated heterocycles. The Balaban J connectivity index is 1.20. The molecule has 1 heterocycles. The van der Waals surface area contributed by atoms with Crippen LogP contribution in [0.5, 0.6) is 5.75 Å².